The zero-order valence-corrected chi connectivity index (χ0v) is 19.8. The zero-order chi connectivity index (χ0) is 24.1. The van der Waals surface area contributed by atoms with E-state index < -0.39 is 0 Å². The van der Waals surface area contributed by atoms with Crippen LogP contribution in [-0.2, 0) is 0 Å². The van der Waals surface area contributed by atoms with Gasteiger partial charge in [0.15, 0.2) is 11.2 Å². The number of hydrogen-bond donors (Lipinski definition) is 0. The predicted octanol–water partition coefficient (Wildman–Crippen LogP) is 9.27. The minimum atomic E-state index is 0.928. The highest BCUT2D eigenvalue weighted by Gasteiger charge is 2.22. The Bertz CT molecular complexity index is 2230. The molecule has 0 aliphatic rings. The van der Waals surface area contributed by atoms with Gasteiger partial charge in [0.2, 0.25) is 0 Å². The van der Waals surface area contributed by atoms with Crippen LogP contribution in [0.5, 0.6) is 0 Å². The molecule has 3 nitrogen and oxygen atoms in total. The summed E-state index contributed by atoms with van der Waals surface area (Å²) in [6.07, 6.45) is 0. The number of aromatic nitrogens is 2. The molecule has 0 aliphatic heterocycles. The van der Waals surface area contributed by atoms with E-state index in [9.17, 15) is 0 Å². The summed E-state index contributed by atoms with van der Waals surface area (Å²) in [5, 5.41) is 7.05. The molecule has 5 aromatic carbocycles. The first-order chi connectivity index (χ1) is 18.3. The smallest absolute Gasteiger partial charge is 0.163 e. The molecule has 6 bridgehead atoms. The van der Waals surface area contributed by atoms with Crippen LogP contribution in [0.4, 0.5) is 0 Å². The van der Waals surface area contributed by atoms with Gasteiger partial charge < -0.3 is 13.2 Å². The van der Waals surface area contributed by atoms with E-state index in [4.69, 9.17) is 4.42 Å². The van der Waals surface area contributed by atoms with Gasteiger partial charge in [-0.1, -0.05) is 72.8 Å². The summed E-state index contributed by atoms with van der Waals surface area (Å²) in [7, 11) is 0. The van der Waals surface area contributed by atoms with Crippen molar-refractivity contribution < 1.29 is 4.42 Å². The molecule has 0 amide bonds. The molecule has 0 atom stereocenters. The number of para-hydroxylation sites is 2. The Kier molecular flexibility index (Phi) is 3.53. The fourth-order valence-electron chi connectivity index (χ4n) is 6.20. The van der Waals surface area contributed by atoms with E-state index in [1.807, 2.05) is 0 Å². The van der Waals surface area contributed by atoms with E-state index in [1.54, 1.807) is 0 Å². The maximum absolute atomic E-state index is 6.79. The van der Waals surface area contributed by atoms with Gasteiger partial charge in [0, 0.05) is 21.8 Å². The highest BCUT2D eigenvalue weighted by molar-refractivity contribution is 6.21. The van der Waals surface area contributed by atoms with E-state index >= 15 is 0 Å². The van der Waals surface area contributed by atoms with E-state index in [-0.39, 0.29) is 0 Å². The van der Waals surface area contributed by atoms with Gasteiger partial charge in [0.05, 0.1) is 11.0 Å². The van der Waals surface area contributed by atoms with Crippen LogP contribution in [0.3, 0.4) is 0 Å². The number of fused-ring (bicyclic) bond motifs is 6. The molecule has 3 heteroatoms. The van der Waals surface area contributed by atoms with Crippen LogP contribution in [0.25, 0.3) is 76.6 Å². The first-order valence-corrected chi connectivity index (χ1v) is 12.6. The first-order valence-electron chi connectivity index (χ1n) is 12.6. The quantitative estimate of drug-likeness (QED) is 0.216. The largest absolute Gasteiger partial charge is 0.451 e. The van der Waals surface area contributed by atoms with Gasteiger partial charge >= 0.3 is 0 Å². The van der Waals surface area contributed by atoms with Gasteiger partial charge in [0.1, 0.15) is 11.0 Å². The normalized spacial score (nSPS) is 12.3. The Morgan fingerprint density at radius 1 is 0.405 bits per heavy atom. The van der Waals surface area contributed by atoms with Crippen molar-refractivity contribution in [2.75, 3.05) is 0 Å². The van der Waals surface area contributed by atoms with Crippen LogP contribution < -0.4 is 0 Å². The number of hydrogen-bond acceptors (Lipinski definition) is 1. The molecule has 37 heavy (non-hydrogen) atoms. The third-order valence-corrected chi connectivity index (χ3v) is 7.85. The molecule has 0 aliphatic carbocycles. The Balaban J connectivity index is 1.73. The predicted molar refractivity (Wildman–Crippen MR) is 154 cm³/mol. The minimum Gasteiger partial charge on any atom is -0.451 e. The number of nitrogens with zero attached hydrogens (tertiary/aromatic N) is 2. The van der Waals surface area contributed by atoms with E-state index in [2.05, 4.69) is 130 Å². The molecule has 172 valence electrons. The molecular formula is C34H20N2O. The van der Waals surface area contributed by atoms with Crippen molar-refractivity contribution in [1.29, 1.82) is 0 Å². The van der Waals surface area contributed by atoms with Crippen LogP contribution in [0, 0.1) is 0 Å². The molecule has 0 saturated heterocycles. The summed E-state index contributed by atoms with van der Waals surface area (Å²) in [6, 6.07) is 43.7. The molecule has 10 aromatic rings. The zero-order valence-electron chi connectivity index (χ0n) is 19.8. The van der Waals surface area contributed by atoms with Gasteiger partial charge in [-0.2, -0.15) is 0 Å². The molecule has 0 spiro atoms. The summed E-state index contributed by atoms with van der Waals surface area (Å²) < 4.78 is 11.5. The molecule has 0 saturated carbocycles. The lowest BCUT2D eigenvalue weighted by Gasteiger charge is -2.04. The van der Waals surface area contributed by atoms with Crippen LogP contribution in [-0.4, -0.2) is 8.80 Å². The lowest BCUT2D eigenvalue weighted by Crippen LogP contribution is -1.88. The molecule has 5 heterocycles. The number of furan rings is 1. The number of rotatable bonds is 0. The van der Waals surface area contributed by atoms with Crippen LogP contribution in [0.15, 0.2) is 126 Å². The highest BCUT2D eigenvalue weighted by atomic mass is 16.3. The third kappa shape index (κ3) is 2.45. The molecular weight excluding hydrogens is 452 g/mol. The fraction of sp³-hybridized carbons (Fsp3) is 0. The van der Waals surface area contributed by atoms with Crippen molar-refractivity contribution in [2.45, 2.75) is 0 Å². The average molecular weight is 473 g/mol. The van der Waals surface area contributed by atoms with Gasteiger partial charge in [-0.15, -0.1) is 0 Å². The second-order valence-corrected chi connectivity index (χ2v) is 9.84. The maximum Gasteiger partial charge on any atom is 0.163 e. The lowest BCUT2D eigenvalue weighted by molar-refractivity contribution is 0.677. The van der Waals surface area contributed by atoms with Crippen LogP contribution >= 0.6 is 0 Å². The minimum absolute atomic E-state index is 0.928. The van der Waals surface area contributed by atoms with Crippen LogP contribution in [0.1, 0.15) is 0 Å². The maximum atomic E-state index is 6.79. The Morgan fingerprint density at radius 2 is 0.865 bits per heavy atom. The molecule has 0 unspecified atom stereocenters. The summed E-state index contributed by atoms with van der Waals surface area (Å²) in [6.45, 7) is 0. The summed E-state index contributed by atoms with van der Waals surface area (Å²) in [5.74, 6) is 0. The van der Waals surface area contributed by atoms with E-state index in [0.717, 1.165) is 55.0 Å². The third-order valence-electron chi connectivity index (χ3n) is 7.85. The average Bonchev–Trinajstić information content (AvgIpc) is 3.59. The van der Waals surface area contributed by atoms with Gasteiger partial charge in [-0.05, 0) is 70.1 Å². The number of benzene rings is 5. The van der Waals surface area contributed by atoms with Crippen molar-refractivity contribution >= 4 is 76.6 Å². The second kappa shape index (κ2) is 6.80. The Morgan fingerprint density at radius 3 is 1.35 bits per heavy atom. The molecule has 0 radical (unpaired) electrons. The van der Waals surface area contributed by atoms with E-state index in [0.29, 0.717) is 0 Å². The van der Waals surface area contributed by atoms with Crippen molar-refractivity contribution in [3.63, 3.8) is 0 Å². The molecule has 0 N–H and O–H groups in total. The van der Waals surface area contributed by atoms with Crippen LogP contribution in [0.2, 0.25) is 0 Å². The second-order valence-electron chi connectivity index (χ2n) is 9.84. The van der Waals surface area contributed by atoms with Crippen molar-refractivity contribution in [1.82, 2.24) is 8.80 Å². The standard InChI is InChI=1S/C34H20N2O/c1-3-13-29-27(11-1)33-31-32-34(37-33)28-12-2-4-14-30(28)36(32)26-10-6-8-24(20-26)22-17-15-21(16-18-22)23-7-5-9-25(19-23)35(29)31/h1-20H. The highest BCUT2D eigenvalue weighted by Crippen LogP contribution is 2.41. The topological polar surface area (TPSA) is 22.0 Å². The molecule has 0 fully saturated rings. The summed E-state index contributed by atoms with van der Waals surface area (Å²) >= 11 is 0. The van der Waals surface area contributed by atoms with Gasteiger partial charge in [0.25, 0.3) is 0 Å². The Hall–Kier alpha value is -5.02. The van der Waals surface area contributed by atoms with Crippen molar-refractivity contribution in [3.05, 3.63) is 121 Å². The van der Waals surface area contributed by atoms with Crippen molar-refractivity contribution in [3.8, 4) is 0 Å². The van der Waals surface area contributed by atoms with Gasteiger partial charge in [-0.3, -0.25) is 0 Å². The fourth-order valence-corrected chi connectivity index (χ4v) is 6.20. The SMILES string of the molecule is c1ccc2c(c1)c1oc3c4ccccc4n4c5cccc(c5)c5ccc(cc5)c5cccc(c5)n2c1c34. The first kappa shape index (κ1) is 19.2. The monoisotopic (exact) mass is 472 g/mol. The molecule has 10 rings (SSSR count). The van der Waals surface area contributed by atoms with E-state index in [1.165, 1.54) is 21.5 Å². The van der Waals surface area contributed by atoms with Crippen molar-refractivity contribution in [2.24, 2.45) is 0 Å². The Labute approximate surface area is 211 Å². The molecule has 5 aromatic heterocycles. The summed E-state index contributed by atoms with van der Waals surface area (Å²) in [5.41, 5.74) is 8.58. The van der Waals surface area contributed by atoms with Gasteiger partial charge in [-0.25, -0.2) is 0 Å². The summed E-state index contributed by atoms with van der Waals surface area (Å²) in [4.78, 5) is 0. The lowest BCUT2D eigenvalue weighted by atomic mass is 10.1.